The third kappa shape index (κ3) is 3.72. The SMILES string of the molecule is CC(C)C1CNC2(CCCCC2)CN1Cc1cc(Br)cs1. The molecule has 1 N–H and O–H groups in total. The maximum atomic E-state index is 3.94. The minimum atomic E-state index is 0.401. The van der Waals surface area contributed by atoms with Crippen LogP contribution in [0.4, 0.5) is 0 Å². The van der Waals surface area contributed by atoms with Crippen molar-refractivity contribution in [2.45, 2.75) is 64.1 Å². The van der Waals surface area contributed by atoms with Gasteiger partial charge >= 0.3 is 0 Å². The van der Waals surface area contributed by atoms with Gasteiger partial charge in [-0.25, -0.2) is 0 Å². The van der Waals surface area contributed by atoms with E-state index < -0.39 is 0 Å². The highest BCUT2D eigenvalue weighted by Gasteiger charge is 2.40. The van der Waals surface area contributed by atoms with E-state index in [4.69, 9.17) is 0 Å². The van der Waals surface area contributed by atoms with Crippen molar-refractivity contribution in [3.63, 3.8) is 0 Å². The molecule has 0 amide bonds. The van der Waals surface area contributed by atoms with Gasteiger partial charge in [0, 0.05) is 45.9 Å². The van der Waals surface area contributed by atoms with E-state index in [-0.39, 0.29) is 0 Å². The molecule has 1 saturated heterocycles. The smallest absolute Gasteiger partial charge is 0.0332 e. The summed E-state index contributed by atoms with van der Waals surface area (Å²) in [7, 11) is 0. The van der Waals surface area contributed by atoms with E-state index >= 15 is 0 Å². The van der Waals surface area contributed by atoms with Crippen LogP contribution in [0.2, 0.25) is 0 Å². The molecule has 1 atom stereocenters. The molecule has 1 spiro atoms. The normalized spacial score (nSPS) is 26.6. The fraction of sp³-hybridized carbons (Fsp3) is 0.765. The summed E-state index contributed by atoms with van der Waals surface area (Å²) in [5.41, 5.74) is 0.401. The fourth-order valence-corrected chi connectivity index (χ4v) is 5.52. The van der Waals surface area contributed by atoms with Crippen LogP contribution in [-0.2, 0) is 6.54 Å². The number of piperazine rings is 1. The van der Waals surface area contributed by atoms with Gasteiger partial charge in [-0.1, -0.05) is 33.1 Å². The number of nitrogens with one attached hydrogen (secondary N) is 1. The van der Waals surface area contributed by atoms with Crippen LogP contribution in [0.1, 0.15) is 50.8 Å². The number of hydrogen-bond acceptors (Lipinski definition) is 3. The van der Waals surface area contributed by atoms with Crippen LogP contribution < -0.4 is 5.32 Å². The van der Waals surface area contributed by atoms with Crippen LogP contribution in [0.5, 0.6) is 0 Å². The van der Waals surface area contributed by atoms with Crippen molar-refractivity contribution < 1.29 is 0 Å². The molecule has 118 valence electrons. The van der Waals surface area contributed by atoms with Crippen molar-refractivity contribution in [3.05, 3.63) is 20.8 Å². The number of halogens is 1. The lowest BCUT2D eigenvalue weighted by atomic mass is 9.78. The van der Waals surface area contributed by atoms with Crippen molar-refractivity contribution >= 4 is 27.3 Å². The van der Waals surface area contributed by atoms with E-state index in [1.165, 1.54) is 48.0 Å². The Morgan fingerprint density at radius 1 is 1.38 bits per heavy atom. The second kappa shape index (κ2) is 6.69. The quantitative estimate of drug-likeness (QED) is 0.833. The van der Waals surface area contributed by atoms with E-state index in [0.29, 0.717) is 17.5 Å². The summed E-state index contributed by atoms with van der Waals surface area (Å²) in [6, 6.07) is 2.95. The largest absolute Gasteiger partial charge is 0.308 e. The van der Waals surface area contributed by atoms with E-state index in [0.717, 1.165) is 13.1 Å². The van der Waals surface area contributed by atoms with Gasteiger partial charge in [0.15, 0.2) is 0 Å². The number of thiophene rings is 1. The molecule has 21 heavy (non-hydrogen) atoms. The molecule has 2 fully saturated rings. The first-order valence-electron chi connectivity index (χ1n) is 8.30. The van der Waals surface area contributed by atoms with Gasteiger partial charge in [0.1, 0.15) is 0 Å². The van der Waals surface area contributed by atoms with Gasteiger partial charge in [0.25, 0.3) is 0 Å². The zero-order valence-electron chi connectivity index (χ0n) is 13.2. The van der Waals surface area contributed by atoms with Crippen LogP contribution >= 0.6 is 27.3 Å². The maximum absolute atomic E-state index is 3.94. The van der Waals surface area contributed by atoms with Gasteiger partial charge in [0.05, 0.1) is 0 Å². The predicted molar refractivity (Wildman–Crippen MR) is 94.9 cm³/mol. The van der Waals surface area contributed by atoms with E-state index in [1.807, 2.05) is 11.3 Å². The Hall–Kier alpha value is 0.1000. The van der Waals surface area contributed by atoms with Gasteiger partial charge in [0.2, 0.25) is 0 Å². The Morgan fingerprint density at radius 2 is 2.14 bits per heavy atom. The molecule has 1 saturated carbocycles. The molecule has 1 aliphatic heterocycles. The second-order valence-corrected chi connectivity index (χ2v) is 9.08. The molecule has 4 heteroatoms. The first-order chi connectivity index (χ1) is 10.1. The highest BCUT2D eigenvalue weighted by molar-refractivity contribution is 9.10. The van der Waals surface area contributed by atoms with Gasteiger partial charge in [-0.3, -0.25) is 4.90 Å². The van der Waals surface area contributed by atoms with Crippen LogP contribution in [-0.4, -0.2) is 29.6 Å². The van der Waals surface area contributed by atoms with Crippen LogP contribution in [0.15, 0.2) is 15.9 Å². The standard InChI is InChI=1S/C17H27BrN2S/c1-13(2)16-9-19-17(6-4-3-5-7-17)12-20(16)10-15-8-14(18)11-21-15/h8,11,13,16,19H,3-7,9-10,12H2,1-2H3. The average molecular weight is 371 g/mol. The van der Waals surface area contributed by atoms with Crippen LogP contribution in [0, 0.1) is 5.92 Å². The topological polar surface area (TPSA) is 15.3 Å². The van der Waals surface area contributed by atoms with Gasteiger partial charge in [-0.2, -0.15) is 0 Å². The summed E-state index contributed by atoms with van der Waals surface area (Å²) >= 11 is 5.47. The summed E-state index contributed by atoms with van der Waals surface area (Å²) in [6.45, 7) is 8.23. The van der Waals surface area contributed by atoms with Crippen molar-refractivity contribution in [2.24, 2.45) is 5.92 Å². The first-order valence-corrected chi connectivity index (χ1v) is 9.97. The van der Waals surface area contributed by atoms with Crippen molar-refractivity contribution in [3.8, 4) is 0 Å². The molecule has 0 bridgehead atoms. The molecule has 1 aromatic heterocycles. The highest BCUT2D eigenvalue weighted by atomic mass is 79.9. The molecule has 2 heterocycles. The Labute approximate surface area is 141 Å². The van der Waals surface area contributed by atoms with Crippen molar-refractivity contribution in [2.75, 3.05) is 13.1 Å². The Bertz CT molecular complexity index is 465. The number of hydrogen-bond donors (Lipinski definition) is 1. The highest BCUT2D eigenvalue weighted by Crippen LogP contribution is 2.34. The lowest BCUT2D eigenvalue weighted by Crippen LogP contribution is -2.65. The van der Waals surface area contributed by atoms with Crippen LogP contribution in [0.25, 0.3) is 0 Å². The molecule has 2 nitrogen and oxygen atoms in total. The van der Waals surface area contributed by atoms with E-state index in [1.54, 1.807) is 0 Å². The third-order valence-corrected chi connectivity index (χ3v) is 6.90. The summed E-state index contributed by atoms with van der Waals surface area (Å²) in [5, 5.41) is 6.15. The maximum Gasteiger partial charge on any atom is 0.0332 e. The molecular weight excluding hydrogens is 344 g/mol. The van der Waals surface area contributed by atoms with E-state index in [2.05, 4.69) is 51.4 Å². The number of rotatable bonds is 3. The first kappa shape index (κ1) is 16.0. The monoisotopic (exact) mass is 370 g/mol. The van der Waals surface area contributed by atoms with E-state index in [9.17, 15) is 0 Å². The minimum absolute atomic E-state index is 0.401. The van der Waals surface area contributed by atoms with Gasteiger partial charge < -0.3 is 5.32 Å². The molecule has 3 rings (SSSR count). The fourth-order valence-electron chi connectivity index (χ4n) is 4.04. The zero-order chi connectivity index (χ0) is 14.9. The predicted octanol–water partition coefficient (Wildman–Crippen LogP) is 4.64. The molecule has 0 radical (unpaired) electrons. The summed E-state index contributed by atoms with van der Waals surface area (Å²) in [6.07, 6.45) is 6.95. The molecule has 1 unspecified atom stereocenters. The summed E-state index contributed by atoms with van der Waals surface area (Å²) < 4.78 is 1.23. The molecule has 1 aromatic rings. The Balaban J connectivity index is 1.74. The summed E-state index contributed by atoms with van der Waals surface area (Å²) in [4.78, 5) is 4.24. The lowest BCUT2D eigenvalue weighted by Gasteiger charge is -2.50. The van der Waals surface area contributed by atoms with Crippen molar-refractivity contribution in [1.82, 2.24) is 10.2 Å². The Morgan fingerprint density at radius 3 is 2.76 bits per heavy atom. The lowest BCUT2D eigenvalue weighted by molar-refractivity contribution is 0.0316. The van der Waals surface area contributed by atoms with Gasteiger partial charge in [-0.05, 0) is 40.8 Å². The Kier molecular flexibility index (Phi) is 5.09. The van der Waals surface area contributed by atoms with Gasteiger partial charge in [-0.15, -0.1) is 11.3 Å². The summed E-state index contributed by atoms with van der Waals surface area (Å²) in [5.74, 6) is 0.710. The average Bonchev–Trinajstić information content (AvgIpc) is 2.85. The molecule has 0 aromatic carbocycles. The molecule has 1 aliphatic carbocycles. The molecule has 2 aliphatic rings. The minimum Gasteiger partial charge on any atom is -0.308 e. The second-order valence-electron chi connectivity index (χ2n) is 7.17. The third-order valence-electron chi connectivity index (χ3n) is 5.22. The zero-order valence-corrected chi connectivity index (χ0v) is 15.6. The number of nitrogens with zero attached hydrogens (tertiary/aromatic N) is 1. The van der Waals surface area contributed by atoms with Crippen molar-refractivity contribution in [1.29, 1.82) is 0 Å². The van der Waals surface area contributed by atoms with Crippen LogP contribution in [0.3, 0.4) is 0 Å². The molecular formula is C17H27BrN2S.